The average molecular weight is 431 g/mol. The van der Waals surface area contributed by atoms with Crippen LogP contribution in [-0.4, -0.2) is 0 Å². The maximum atomic E-state index is 5.96. The van der Waals surface area contributed by atoms with Gasteiger partial charge in [-0.2, -0.15) is 0 Å². The van der Waals surface area contributed by atoms with E-state index in [-0.39, 0.29) is 0 Å². The van der Waals surface area contributed by atoms with E-state index in [1.165, 1.54) is 0 Å². The highest BCUT2D eigenvalue weighted by atomic mass is 16.5. The van der Waals surface area contributed by atoms with Crippen molar-refractivity contribution in [3.05, 3.63) is 108 Å². The lowest BCUT2D eigenvalue weighted by atomic mass is 9.76. The van der Waals surface area contributed by atoms with Gasteiger partial charge in [0.25, 0.3) is 0 Å². The number of anilines is 2. The number of terminal acetylenes is 2. The fraction of sp³-hybridized carbons (Fsp3) is 0.0345. The molecule has 0 aliphatic heterocycles. The molecule has 0 radical (unpaired) electrons. The van der Waals surface area contributed by atoms with E-state index in [4.69, 9.17) is 33.8 Å². The van der Waals surface area contributed by atoms with Crippen molar-refractivity contribution in [1.29, 1.82) is 0 Å². The van der Waals surface area contributed by atoms with Crippen LogP contribution in [0.3, 0.4) is 0 Å². The third-order valence-electron chi connectivity index (χ3n) is 5.24. The molecule has 0 fully saturated rings. The molecule has 0 unspecified atom stereocenters. The number of ether oxygens (including phenoxy) is 2. The molecule has 0 aliphatic rings. The molecule has 0 amide bonds. The van der Waals surface area contributed by atoms with E-state index >= 15 is 0 Å². The number of nitrogen functional groups attached to an aromatic ring is 2. The smallest absolute Gasteiger partial charge is 0.141 e. The fourth-order valence-corrected chi connectivity index (χ4v) is 3.43. The Morgan fingerprint density at radius 2 is 0.758 bits per heavy atom. The van der Waals surface area contributed by atoms with Crippen LogP contribution in [0.15, 0.2) is 97.1 Å². The molecule has 4 aromatic carbocycles. The van der Waals surface area contributed by atoms with Crippen molar-refractivity contribution in [1.82, 2.24) is 0 Å². The highest BCUT2D eigenvalue weighted by molar-refractivity contribution is 5.57. The second-order valence-electron chi connectivity index (χ2n) is 7.43. The van der Waals surface area contributed by atoms with Gasteiger partial charge in [-0.3, -0.25) is 0 Å². The van der Waals surface area contributed by atoms with Crippen molar-refractivity contribution in [2.45, 2.75) is 5.41 Å². The Balaban J connectivity index is 1.56. The minimum atomic E-state index is -1.03. The lowest BCUT2D eigenvalue weighted by Crippen LogP contribution is -2.23. The molecule has 0 saturated heterocycles. The summed E-state index contributed by atoms with van der Waals surface area (Å²) < 4.78 is 11.7. The van der Waals surface area contributed by atoms with E-state index < -0.39 is 5.41 Å². The van der Waals surface area contributed by atoms with E-state index in [9.17, 15) is 0 Å². The predicted octanol–water partition coefficient (Wildman–Crippen LogP) is 5.99. The minimum Gasteiger partial charge on any atom is -0.457 e. The Kier molecular flexibility index (Phi) is 5.94. The third-order valence-corrected chi connectivity index (χ3v) is 5.24. The van der Waals surface area contributed by atoms with Gasteiger partial charge in [-0.15, -0.1) is 12.8 Å². The average Bonchev–Trinajstić information content (AvgIpc) is 2.85. The SMILES string of the molecule is C#CC(C#C)(c1ccc(Oc2ccc(N)cc2)cc1)c1ccc(Oc2ccc(N)cc2)cc1. The number of hydrogen-bond acceptors (Lipinski definition) is 4. The first kappa shape index (κ1) is 21.4. The maximum absolute atomic E-state index is 5.96. The number of nitrogens with two attached hydrogens (primary N) is 2. The molecule has 0 saturated carbocycles. The van der Waals surface area contributed by atoms with Crippen LogP contribution in [0.25, 0.3) is 0 Å². The molecule has 0 spiro atoms. The highest BCUT2D eigenvalue weighted by Crippen LogP contribution is 2.34. The molecule has 0 heterocycles. The normalized spacial score (nSPS) is 10.6. The molecule has 160 valence electrons. The molecular formula is C29H22N2O2. The molecule has 4 aromatic rings. The fourth-order valence-electron chi connectivity index (χ4n) is 3.43. The van der Waals surface area contributed by atoms with Gasteiger partial charge in [0.1, 0.15) is 28.4 Å². The molecule has 4 N–H and O–H groups in total. The summed E-state index contributed by atoms with van der Waals surface area (Å²) >= 11 is 0. The van der Waals surface area contributed by atoms with Crippen LogP contribution in [0.2, 0.25) is 0 Å². The Bertz CT molecular complexity index is 1200. The number of rotatable bonds is 6. The Hall–Kier alpha value is -4.80. The summed E-state index contributed by atoms with van der Waals surface area (Å²) in [6, 6.07) is 29.3. The molecule has 0 aromatic heterocycles. The quantitative estimate of drug-likeness (QED) is 0.291. The Morgan fingerprint density at radius 3 is 1.03 bits per heavy atom. The zero-order valence-corrected chi connectivity index (χ0v) is 17.9. The number of benzene rings is 4. The topological polar surface area (TPSA) is 70.5 Å². The molecule has 0 bridgehead atoms. The third kappa shape index (κ3) is 4.61. The highest BCUT2D eigenvalue weighted by Gasteiger charge is 2.30. The standard InChI is InChI=1S/C29H22N2O2/c1-3-29(4-2,21-5-13-25(14-6-21)32-27-17-9-23(30)10-18-27)22-7-15-26(16-8-22)33-28-19-11-24(31)12-20-28/h1-2,5-20H,30-31H2. The van der Waals surface area contributed by atoms with E-state index in [0.29, 0.717) is 34.4 Å². The van der Waals surface area contributed by atoms with Crippen molar-refractivity contribution in [2.24, 2.45) is 0 Å². The lowest BCUT2D eigenvalue weighted by Gasteiger charge is -2.24. The van der Waals surface area contributed by atoms with Crippen LogP contribution in [-0.2, 0) is 5.41 Å². The van der Waals surface area contributed by atoms with E-state index in [1.54, 1.807) is 24.3 Å². The van der Waals surface area contributed by atoms with Crippen molar-refractivity contribution >= 4 is 11.4 Å². The zero-order chi connectivity index (χ0) is 23.3. The first-order valence-corrected chi connectivity index (χ1v) is 10.3. The first-order valence-electron chi connectivity index (χ1n) is 10.3. The molecule has 4 nitrogen and oxygen atoms in total. The van der Waals surface area contributed by atoms with Gasteiger partial charge in [0, 0.05) is 11.4 Å². The zero-order valence-electron chi connectivity index (χ0n) is 17.9. The van der Waals surface area contributed by atoms with Gasteiger partial charge in [-0.05, 0) is 83.9 Å². The van der Waals surface area contributed by atoms with Crippen LogP contribution >= 0.6 is 0 Å². The van der Waals surface area contributed by atoms with Gasteiger partial charge in [-0.1, -0.05) is 36.1 Å². The van der Waals surface area contributed by atoms with E-state index in [1.807, 2.05) is 72.8 Å². The van der Waals surface area contributed by atoms with Gasteiger partial charge in [0.05, 0.1) is 0 Å². The summed E-state index contributed by atoms with van der Waals surface area (Å²) in [5, 5.41) is 0. The minimum absolute atomic E-state index is 0.665. The van der Waals surface area contributed by atoms with Crippen molar-refractivity contribution < 1.29 is 9.47 Å². The second kappa shape index (κ2) is 9.14. The van der Waals surface area contributed by atoms with Gasteiger partial charge < -0.3 is 20.9 Å². The lowest BCUT2D eigenvalue weighted by molar-refractivity contribution is 0.482. The summed E-state index contributed by atoms with van der Waals surface area (Å²) in [5.41, 5.74) is 13.4. The van der Waals surface area contributed by atoms with Gasteiger partial charge in [0.2, 0.25) is 0 Å². The monoisotopic (exact) mass is 430 g/mol. The van der Waals surface area contributed by atoms with Gasteiger partial charge >= 0.3 is 0 Å². The molecular weight excluding hydrogens is 408 g/mol. The summed E-state index contributed by atoms with van der Waals surface area (Å²) in [6.45, 7) is 0. The Morgan fingerprint density at radius 1 is 0.485 bits per heavy atom. The largest absolute Gasteiger partial charge is 0.457 e. The summed E-state index contributed by atoms with van der Waals surface area (Å²) in [4.78, 5) is 0. The number of hydrogen-bond donors (Lipinski definition) is 2. The maximum Gasteiger partial charge on any atom is 0.141 e. The molecule has 33 heavy (non-hydrogen) atoms. The Labute approximate surface area is 193 Å². The van der Waals surface area contributed by atoms with Crippen molar-refractivity contribution in [2.75, 3.05) is 11.5 Å². The summed E-state index contributed by atoms with van der Waals surface area (Å²) in [6.07, 6.45) is 11.9. The van der Waals surface area contributed by atoms with Crippen molar-refractivity contribution in [3.63, 3.8) is 0 Å². The summed E-state index contributed by atoms with van der Waals surface area (Å²) in [7, 11) is 0. The van der Waals surface area contributed by atoms with Crippen LogP contribution < -0.4 is 20.9 Å². The van der Waals surface area contributed by atoms with E-state index in [2.05, 4.69) is 11.8 Å². The van der Waals surface area contributed by atoms with Crippen LogP contribution in [0, 0.1) is 24.7 Å². The van der Waals surface area contributed by atoms with Crippen LogP contribution in [0.4, 0.5) is 11.4 Å². The second-order valence-corrected chi connectivity index (χ2v) is 7.43. The van der Waals surface area contributed by atoms with Crippen molar-refractivity contribution in [3.8, 4) is 47.7 Å². The van der Waals surface area contributed by atoms with Gasteiger partial charge in [-0.25, -0.2) is 0 Å². The molecule has 0 atom stereocenters. The van der Waals surface area contributed by atoms with Gasteiger partial charge in [0.15, 0.2) is 0 Å². The molecule has 0 aliphatic carbocycles. The van der Waals surface area contributed by atoms with Crippen LogP contribution in [0.5, 0.6) is 23.0 Å². The van der Waals surface area contributed by atoms with E-state index in [0.717, 1.165) is 11.1 Å². The molecule has 4 heteroatoms. The molecule has 4 rings (SSSR count). The first-order chi connectivity index (χ1) is 16.0. The predicted molar refractivity (Wildman–Crippen MR) is 133 cm³/mol. The van der Waals surface area contributed by atoms with Crippen LogP contribution in [0.1, 0.15) is 11.1 Å². The summed E-state index contributed by atoms with van der Waals surface area (Å²) in [5.74, 6) is 8.31.